The van der Waals surface area contributed by atoms with E-state index in [0.29, 0.717) is 37.0 Å². The SMILES string of the molecule is NS(=O)(=O)c1ccc(CCn2c3c(c(=O)[nH]c2=S)CN(C2CCCCC2)CN3)cc1. The molecule has 0 atom stereocenters. The Morgan fingerprint density at radius 1 is 1.13 bits per heavy atom. The van der Waals surface area contributed by atoms with Crippen LogP contribution in [0.1, 0.15) is 43.2 Å². The molecule has 1 aromatic carbocycles. The van der Waals surface area contributed by atoms with Gasteiger partial charge in [0.15, 0.2) is 4.77 Å². The Hall–Kier alpha value is -2.01. The minimum Gasteiger partial charge on any atom is -0.358 e. The minimum absolute atomic E-state index is 0.0914. The molecule has 1 aromatic heterocycles. The summed E-state index contributed by atoms with van der Waals surface area (Å²) in [5.41, 5.74) is 1.56. The molecule has 4 rings (SSSR count). The van der Waals surface area contributed by atoms with Crippen LogP contribution >= 0.6 is 12.2 Å². The number of hydrogen-bond donors (Lipinski definition) is 3. The zero-order valence-corrected chi connectivity index (χ0v) is 18.4. The number of rotatable bonds is 5. The first kappa shape index (κ1) is 21.2. The quantitative estimate of drug-likeness (QED) is 0.604. The molecule has 1 aliphatic heterocycles. The average molecular weight is 450 g/mol. The molecule has 8 nitrogen and oxygen atoms in total. The number of anilines is 1. The molecule has 4 N–H and O–H groups in total. The second kappa shape index (κ2) is 8.62. The van der Waals surface area contributed by atoms with Crippen LogP contribution in [0.3, 0.4) is 0 Å². The highest BCUT2D eigenvalue weighted by Gasteiger charge is 2.27. The van der Waals surface area contributed by atoms with E-state index in [1.54, 1.807) is 12.1 Å². The van der Waals surface area contributed by atoms with Crippen LogP contribution < -0.4 is 16.0 Å². The van der Waals surface area contributed by atoms with E-state index in [1.807, 2.05) is 4.57 Å². The Morgan fingerprint density at radius 2 is 1.83 bits per heavy atom. The third-order valence-electron chi connectivity index (χ3n) is 6.07. The first-order valence-electron chi connectivity index (χ1n) is 10.3. The summed E-state index contributed by atoms with van der Waals surface area (Å²) in [6.45, 7) is 1.91. The Labute approximate surface area is 181 Å². The second-order valence-electron chi connectivity index (χ2n) is 8.05. The van der Waals surface area contributed by atoms with Crippen LogP contribution in [0.4, 0.5) is 5.82 Å². The van der Waals surface area contributed by atoms with Crippen molar-refractivity contribution < 1.29 is 8.42 Å². The van der Waals surface area contributed by atoms with Crippen molar-refractivity contribution in [2.45, 2.75) is 62.6 Å². The highest BCUT2D eigenvalue weighted by molar-refractivity contribution is 7.89. The van der Waals surface area contributed by atoms with Gasteiger partial charge in [-0.1, -0.05) is 31.4 Å². The number of nitrogens with one attached hydrogen (secondary N) is 2. The van der Waals surface area contributed by atoms with Gasteiger partial charge in [0.2, 0.25) is 10.0 Å². The zero-order chi connectivity index (χ0) is 21.3. The van der Waals surface area contributed by atoms with Crippen LogP contribution in [-0.4, -0.2) is 35.6 Å². The molecule has 0 amide bonds. The number of nitrogens with two attached hydrogens (primary N) is 1. The average Bonchev–Trinajstić information content (AvgIpc) is 2.73. The molecule has 1 fully saturated rings. The lowest BCUT2D eigenvalue weighted by molar-refractivity contribution is 0.152. The van der Waals surface area contributed by atoms with Gasteiger partial charge in [-0.2, -0.15) is 0 Å². The molecule has 0 radical (unpaired) electrons. The number of benzene rings is 1. The van der Waals surface area contributed by atoms with Gasteiger partial charge in [0.25, 0.3) is 5.56 Å². The van der Waals surface area contributed by atoms with Gasteiger partial charge in [0, 0.05) is 19.1 Å². The summed E-state index contributed by atoms with van der Waals surface area (Å²) in [4.78, 5) is 17.9. The molecule has 0 bridgehead atoms. The van der Waals surface area contributed by atoms with Gasteiger partial charge in [-0.25, -0.2) is 13.6 Å². The maximum absolute atomic E-state index is 12.6. The van der Waals surface area contributed by atoms with E-state index in [1.165, 1.54) is 44.2 Å². The minimum atomic E-state index is -3.70. The van der Waals surface area contributed by atoms with Gasteiger partial charge in [-0.15, -0.1) is 0 Å². The Morgan fingerprint density at radius 3 is 2.50 bits per heavy atom. The van der Waals surface area contributed by atoms with Crippen molar-refractivity contribution in [3.8, 4) is 0 Å². The van der Waals surface area contributed by atoms with Crippen molar-refractivity contribution in [2.75, 3.05) is 12.0 Å². The number of fused-ring (bicyclic) bond motifs is 1. The number of hydrogen-bond acceptors (Lipinski definition) is 6. The van der Waals surface area contributed by atoms with Crippen LogP contribution in [0.2, 0.25) is 0 Å². The molecule has 1 aliphatic carbocycles. The highest BCUT2D eigenvalue weighted by atomic mass is 32.2. The fraction of sp³-hybridized carbons (Fsp3) is 0.500. The molecule has 0 unspecified atom stereocenters. The van der Waals surface area contributed by atoms with Gasteiger partial charge >= 0.3 is 0 Å². The van der Waals surface area contributed by atoms with E-state index >= 15 is 0 Å². The number of H-pyrrole nitrogens is 1. The predicted molar refractivity (Wildman–Crippen MR) is 118 cm³/mol. The standard InChI is InChI=1S/C20H27N5O3S2/c21-30(27,28)16-8-6-14(7-9-16)10-11-25-18-17(19(26)23-20(25)29)12-24(13-22-18)15-4-2-1-3-5-15/h6-9,15,22H,1-5,10-13H2,(H2,21,27,28)(H,23,26,29). The van der Waals surface area contributed by atoms with Crippen molar-refractivity contribution in [3.63, 3.8) is 0 Å². The van der Waals surface area contributed by atoms with Crippen molar-refractivity contribution in [1.82, 2.24) is 14.5 Å². The lowest BCUT2D eigenvalue weighted by Gasteiger charge is -2.38. The van der Waals surface area contributed by atoms with E-state index < -0.39 is 10.0 Å². The number of aryl methyl sites for hydroxylation is 1. The number of aromatic nitrogens is 2. The van der Waals surface area contributed by atoms with E-state index in [2.05, 4.69) is 15.2 Å². The van der Waals surface area contributed by atoms with Crippen molar-refractivity contribution in [2.24, 2.45) is 5.14 Å². The van der Waals surface area contributed by atoms with Gasteiger partial charge < -0.3 is 9.88 Å². The first-order valence-corrected chi connectivity index (χ1v) is 12.2. The maximum Gasteiger partial charge on any atom is 0.258 e. The lowest BCUT2D eigenvalue weighted by Crippen LogP contribution is -2.45. The first-order chi connectivity index (χ1) is 14.3. The number of nitrogens with zero attached hydrogens (tertiary/aromatic N) is 2. The fourth-order valence-electron chi connectivity index (χ4n) is 4.40. The number of primary sulfonamides is 1. The molecule has 1 saturated carbocycles. The summed E-state index contributed by atoms with van der Waals surface area (Å²) >= 11 is 5.42. The summed E-state index contributed by atoms with van der Waals surface area (Å²) in [6.07, 6.45) is 6.81. The van der Waals surface area contributed by atoms with Crippen LogP contribution in [0, 0.1) is 4.77 Å². The summed E-state index contributed by atoms with van der Waals surface area (Å²) in [6, 6.07) is 7.03. The summed E-state index contributed by atoms with van der Waals surface area (Å²) in [7, 11) is -3.70. The fourth-order valence-corrected chi connectivity index (χ4v) is 5.19. The summed E-state index contributed by atoms with van der Waals surface area (Å²) < 4.78 is 25.1. The molecule has 2 aromatic rings. The van der Waals surface area contributed by atoms with E-state index in [9.17, 15) is 13.2 Å². The van der Waals surface area contributed by atoms with Gasteiger partial charge in [-0.05, 0) is 49.2 Å². The van der Waals surface area contributed by atoms with E-state index in [4.69, 9.17) is 17.4 Å². The maximum atomic E-state index is 12.6. The monoisotopic (exact) mass is 449 g/mol. The van der Waals surface area contributed by atoms with E-state index in [0.717, 1.165) is 16.9 Å². The highest BCUT2D eigenvalue weighted by Crippen LogP contribution is 2.27. The van der Waals surface area contributed by atoms with Crippen LogP contribution in [0.15, 0.2) is 34.0 Å². The number of aromatic amines is 1. The van der Waals surface area contributed by atoms with Crippen LogP contribution in [-0.2, 0) is 29.5 Å². The topological polar surface area (TPSA) is 113 Å². The third-order valence-corrected chi connectivity index (χ3v) is 7.33. The van der Waals surface area contributed by atoms with E-state index in [-0.39, 0.29) is 10.5 Å². The molecule has 162 valence electrons. The van der Waals surface area contributed by atoms with Crippen molar-refractivity contribution in [3.05, 3.63) is 50.5 Å². The zero-order valence-electron chi connectivity index (χ0n) is 16.8. The van der Waals surface area contributed by atoms with Gasteiger partial charge in [-0.3, -0.25) is 14.7 Å². The molecular weight excluding hydrogens is 422 g/mol. The molecule has 10 heteroatoms. The Balaban J connectivity index is 1.53. The Bertz CT molecular complexity index is 1130. The molecule has 30 heavy (non-hydrogen) atoms. The lowest BCUT2D eigenvalue weighted by atomic mass is 9.94. The normalized spacial score (nSPS) is 18.0. The third kappa shape index (κ3) is 4.51. The molecule has 0 saturated heterocycles. The smallest absolute Gasteiger partial charge is 0.258 e. The molecule has 2 heterocycles. The molecule has 0 spiro atoms. The molecule has 2 aliphatic rings. The van der Waals surface area contributed by atoms with Crippen molar-refractivity contribution in [1.29, 1.82) is 0 Å². The van der Waals surface area contributed by atoms with Crippen molar-refractivity contribution >= 4 is 28.1 Å². The Kier molecular flexibility index (Phi) is 6.10. The van der Waals surface area contributed by atoms with Crippen LogP contribution in [0.25, 0.3) is 0 Å². The molecular formula is C20H27N5O3S2. The summed E-state index contributed by atoms with van der Waals surface area (Å²) in [5, 5.41) is 8.59. The predicted octanol–water partition coefficient (Wildman–Crippen LogP) is 2.31. The number of sulfonamides is 1. The van der Waals surface area contributed by atoms with Gasteiger partial charge in [0.05, 0.1) is 17.1 Å². The van der Waals surface area contributed by atoms with Gasteiger partial charge in [0.1, 0.15) is 5.82 Å². The summed E-state index contributed by atoms with van der Waals surface area (Å²) in [5.74, 6) is 0.789. The largest absolute Gasteiger partial charge is 0.358 e. The second-order valence-corrected chi connectivity index (χ2v) is 10.00. The van der Waals surface area contributed by atoms with Crippen LogP contribution in [0.5, 0.6) is 0 Å².